The fraction of sp³-hybridized carbons (Fsp3) is 0.182. The number of furan rings is 1. The molecule has 1 N–H and O–H groups in total. The summed E-state index contributed by atoms with van der Waals surface area (Å²) < 4.78 is 16.7. The van der Waals surface area contributed by atoms with E-state index >= 15 is 0 Å². The third kappa shape index (κ3) is 5.01. The molecule has 0 radical (unpaired) electrons. The Kier molecular flexibility index (Phi) is 6.46. The number of benzene rings is 2. The van der Waals surface area contributed by atoms with Crippen molar-refractivity contribution in [3.05, 3.63) is 83.3 Å². The Hall–Kier alpha value is -3.54. The molecule has 0 fully saturated rings. The van der Waals surface area contributed by atoms with Gasteiger partial charge in [0.2, 0.25) is 0 Å². The van der Waals surface area contributed by atoms with Crippen molar-refractivity contribution in [1.82, 2.24) is 5.43 Å². The number of ether oxygens (including phenoxy) is 2. The first-order valence-corrected chi connectivity index (χ1v) is 8.98. The third-order valence-corrected chi connectivity index (χ3v) is 3.99. The van der Waals surface area contributed by atoms with Gasteiger partial charge in [-0.25, -0.2) is 5.43 Å². The van der Waals surface area contributed by atoms with E-state index in [2.05, 4.69) is 10.5 Å². The number of carbonyl (C=O) groups excluding carboxylic acids is 1. The number of aryl methyl sites for hydroxylation is 1. The molecule has 0 aliphatic rings. The molecule has 144 valence electrons. The number of rotatable bonds is 8. The number of hydrazone groups is 1. The van der Waals surface area contributed by atoms with Gasteiger partial charge in [0.15, 0.2) is 11.5 Å². The lowest BCUT2D eigenvalue weighted by molar-refractivity contribution is 0.0953. The Bertz CT molecular complexity index is 948. The fourth-order valence-electron chi connectivity index (χ4n) is 2.57. The predicted molar refractivity (Wildman–Crippen MR) is 107 cm³/mol. The quantitative estimate of drug-likeness (QED) is 0.468. The van der Waals surface area contributed by atoms with Crippen LogP contribution in [0, 0.1) is 6.92 Å². The molecule has 3 rings (SSSR count). The van der Waals surface area contributed by atoms with Gasteiger partial charge in [-0.3, -0.25) is 4.79 Å². The first kappa shape index (κ1) is 19.2. The molecule has 1 aromatic heterocycles. The summed E-state index contributed by atoms with van der Waals surface area (Å²) in [5, 5.41) is 4.00. The third-order valence-electron chi connectivity index (χ3n) is 3.99. The summed E-state index contributed by atoms with van der Waals surface area (Å²) in [4.78, 5) is 12.0. The molecule has 0 aliphatic heterocycles. The Morgan fingerprint density at radius 3 is 2.64 bits per heavy atom. The van der Waals surface area contributed by atoms with Crippen molar-refractivity contribution in [3.8, 4) is 11.5 Å². The Morgan fingerprint density at radius 2 is 1.93 bits per heavy atom. The number of hydrogen-bond acceptors (Lipinski definition) is 5. The van der Waals surface area contributed by atoms with Crippen LogP contribution < -0.4 is 14.9 Å². The monoisotopic (exact) mass is 378 g/mol. The molecule has 0 spiro atoms. The minimum atomic E-state index is -0.324. The Morgan fingerprint density at radius 1 is 1.11 bits per heavy atom. The van der Waals surface area contributed by atoms with Crippen LogP contribution in [0.25, 0.3) is 0 Å². The molecule has 2 aromatic carbocycles. The van der Waals surface area contributed by atoms with Crippen molar-refractivity contribution in [2.75, 3.05) is 6.61 Å². The molecule has 1 heterocycles. The molecular weight excluding hydrogens is 356 g/mol. The van der Waals surface area contributed by atoms with Crippen LogP contribution in [-0.4, -0.2) is 18.7 Å². The first-order valence-electron chi connectivity index (χ1n) is 8.98. The lowest BCUT2D eigenvalue weighted by Gasteiger charge is -2.12. The van der Waals surface area contributed by atoms with E-state index in [0.717, 1.165) is 11.1 Å². The van der Waals surface area contributed by atoms with E-state index in [-0.39, 0.29) is 5.91 Å². The van der Waals surface area contributed by atoms with Crippen molar-refractivity contribution < 1.29 is 18.7 Å². The van der Waals surface area contributed by atoms with Crippen LogP contribution in [0.4, 0.5) is 0 Å². The predicted octanol–water partition coefficient (Wildman–Crippen LogP) is 4.33. The first-order chi connectivity index (χ1) is 13.7. The van der Waals surface area contributed by atoms with Crippen molar-refractivity contribution >= 4 is 12.1 Å². The second-order valence-electron chi connectivity index (χ2n) is 6.00. The second kappa shape index (κ2) is 9.41. The van der Waals surface area contributed by atoms with E-state index in [1.807, 2.05) is 55.5 Å². The van der Waals surface area contributed by atoms with Gasteiger partial charge in [-0.2, -0.15) is 5.10 Å². The molecule has 0 saturated carbocycles. The molecule has 0 atom stereocenters. The highest BCUT2D eigenvalue weighted by Crippen LogP contribution is 2.28. The maximum atomic E-state index is 12.0. The average Bonchev–Trinajstić information content (AvgIpc) is 3.14. The van der Waals surface area contributed by atoms with Gasteiger partial charge in [-0.1, -0.05) is 30.3 Å². The molecule has 3 aromatic rings. The normalized spacial score (nSPS) is 10.8. The zero-order valence-electron chi connectivity index (χ0n) is 15.8. The topological polar surface area (TPSA) is 73.1 Å². The van der Waals surface area contributed by atoms with E-state index in [1.165, 1.54) is 6.26 Å². The van der Waals surface area contributed by atoms with Gasteiger partial charge in [0.25, 0.3) is 5.91 Å². The summed E-state index contributed by atoms with van der Waals surface area (Å²) >= 11 is 0. The average molecular weight is 378 g/mol. The SMILES string of the molecule is CCOc1cc(/C=N\NC(=O)c2ccoc2C)ccc1OCc1ccccc1. The molecule has 1 amide bonds. The second-order valence-corrected chi connectivity index (χ2v) is 6.00. The van der Waals surface area contributed by atoms with E-state index in [9.17, 15) is 4.79 Å². The van der Waals surface area contributed by atoms with Gasteiger partial charge in [0, 0.05) is 0 Å². The Labute approximate surface area is 163 Å². The summed E-state index contributed by atoms with van der Waals surface area (Å²) in [5.74, 6) is 1.50. The van der Waals surface area contributed by atoms with Crippen molar-refractivity contribution in [1.29, 1.82) is 0 Å². The van der Waals surface area contributed by atoms with Crippen molar-refractivity contribution in [2.24, 2.45) is 5.10 Å². The number of carbonyl (C=O) groups is 1. The number of nitrogens with one attached hydrogen (secondary N) is 1. The molecule has 6 nitrogen and oxygen atoms in total. The largest absolute Gasteiger partial charge is 0.490 e. The smallest absolute Gasteiger partial charge is 0.274 e. The molecule has 0 aliphatic carbocycles. The maximum absolute atomic E-state index is 12.0. The van der Waals surface area contributed by atoms with Gasteiger partial charge in [-0.15, -0.1) is 0 Å². The lowest BCUT2D eigenvalue weighted by Crippen LogP contribution is -2.17. The lowest BCUT2D eigenvalue weighted by atomic mass is 10.2. The highest BCUT2D eigenvalue weighted by Gasteiger charge is 2.10. The minimum absolute atomic E-state index is 0.324. The zero-order chi connectivity index (χ0) is 19.8. The van der Waals surface area contributed by atoms with Gasteiger partial charge in [0.1, 0.15) is 12.4 Å². The summed E-state index contributed by atoms with van der Waals surface area (Å²) in [7, 11) is 0. The Balaban J connectivity index is 1.66. The van der Waals surface area contributed by atoms with E-state index < -0.39 is 0 Å². The fourth-order valence-corrected chi connectivity index (χ4v) is 2.57. The zero-order valence-corrected chi connectivity index (χ0v) is 15.8. The van der Waals surface area contributed by atoms with Crippen LogP contribution in [0.5, 0.6) is 11.5 Å². The van der Waals surface area contributed by atoms with Crippen LogP contribution in [0.2, 0.25) is 0 Å². The van der Waals surface area contributed by atoms with E-state index in [1.54, 1.807) is 19.2 Å². The van der Waals surface area contributed by atoms with Crippen LogP contribution in [0.15, 0.2) is 70.4 Å². The van der Waals surface area contributed by atoms with Crippen LogP contribution in [0.1, 0.15) is 34.2 Å². The van der Waals surface area contributed by atoms with Crippen LogP contribution in [-0.2, 0) is 6.61 Å². The summed E-state index contributed by atoms with van der Waals surface area (Å²) in [5.41, 5.74) is 4.80. The molecule has 0 bridgehead atoms. The van der Waals surface area contributed by atoms with Crippen LogP contribution in [0.3, 0.4) is 0 Å². The maximum Gasteiger partial charge on any atom is 0.274 e. The van der Waals surface area contributed by atoms with Gasteiger partial charge < -0.3 is 13.9 Å². The van der Waals surface area contributed by atoms with E-state index in [0.29, 0.717) is 36.0 Å². The van der Waals surface area contributed by atoms with Gasteiger partial charge >= 0.3 is 0 Å². The van der Waals surface area contributed by atoms with Crippen molar-refractivity contribution in [2.45, 2.75) is 20.5 Å². The van der Waals surface area contributed by atoms with Gasteiger partial charge in [-0.05, 0) is 49.2 Å². The van der Waals surface area contributed by atoms with Gasteiger partial charge in [0.05, 0.1) is 24.6 Å². The summed E-state index contributed by atoms with van der Waals surface area (Å²) in [6.07, 6.45) is 3.02. The number of amides is 1. The van der Waals surface area contributed by atoms with E-state index in [4.69, 9.17) is 13.9 Å². The molecule has 6 heteroatoms. The highest BCUT2D eigenvalue weighted by molar-refractivity contribution is 5.95. The van der Waals surface area contributed by atoms with Crippen LogP contribution >= 0.6 is 0 Å². The van der Waals surface area contributed by atoms with Crippen molar-refractivity contribution in [3.63, 3.8) is 0 Å². The molecular formula is C22H22N2O4. The molecule has 0 saturated heterocycles. The number of hydrogen-bond donors (Lipinski definition) is 1. The minimum Gasteiger partial charge on any atom is -0.490 e. The highest BCUT2D eigenvalue weighted by atomic mass is 16.5. The molecule has 28 heavy (non-hydrogen) atoms. The molecule has 0 unspecified atom stereocenters. The summed E-state index contributed by atoms with van der Waals surface area (Å²) in [6, 6.07) is 17.0. The summed E-state index contributed by atoms with van der Waals surface area (Å²) in [6.45, 7) is 4.60. The number of nitrogens with zero attached hydrogens (tertiary/aromatic N) is 1. The standard InChI is InChI=1S/C22H22N2O4/c1-3-26-21-13-18(14-23-24-22(25)19-11-12-27-16(19)2)9-10-20(21)28-15-17-7-5-4-6-8-17/h4-14H,3,15H2,1-2H3,(H,24,25)/b23-14-.